The average Bonchev–Trinajstić information content (AvgIpc) is 3.28. The van der Waals surface area contributed by atoms with Crippen molar-refractivity contribution in [2.75, 3.05) is 31.5 Å². The highest BCUT2D eigenvalue weighted by Crippen LogP contribution is 2.40. The van der Waals surface area contributed by atoms with Gasteiger partial charge in [0.1, 0.15) is 0 Å². The summed E-state index contributed by atoms with van der Waals surface area (Å²) in [5.74, 6) is -0.349. The Morgan fingerprint density at radius 1 is 1.38 bits per heavy atom. The van der Waals surface area contributed by atoms with Crippen LogP contribution in [0.1, 0.15) is 37.8 Å². The zero-order valence-electron chi connectivity index (χ0n) is 13.7. The van der Waals surface area contributed by atoms with Crippen molar-refractivity contribution in [3.63, 3.8) is 0 Å². The van der Waals surface area contributed by atoms with Crippen molar-refractivity contribution < 1.29 is 10.0 Å². The topological polar surface area (TPSA) is 77.5 Å². The van der Waals surface area contributed by atoms with Crippen molar-refractivity contribution in [1.82, 2.24) is 15.4 Å². The van der Waals surface area contributed by atoms with Crippen LogP contribution in [-0.4, -0.2) is 52.4 Å². The number of allylic oxidation sites excluding steroid dienone is 1. The summed E-state index contributed by atoms with van der Waals surface area (Å²) in [6.45, 7) is 4.58. The number of thioether (sulfide) groups is 1. The van der Waals surface area contributed by atoms with Crippen LogP contribution in [0.15, 0.2) is 11.5 Å². The molecule has 8 heteroatoms. The molecule has 0 spiro atoms. The SMILES string of the molecule is O=C(NO)C1CC=C(c2csc(NCCCN3CCCCC3)n2)S1. The Bertz CT molecular complexity index is 584. The summed E-state index contributed by atoms with van der Waals surface area (Å²) >= 11 is 3.05. The fourth-order valence-electron chi connectivity index (χ4n) is 3.01. The molecule has 1 fully saturated rings. The number of nitrogens with zero attached hydrogens (tertiary/aromatic N) is 2. The normalized spacial score (nSPS) is 21.5. The smallest absolute Gasteiger partial charge is 0.257 e. The van der Waals surface area contributed by atoms with E-state index < -0.39 is 0 Å². The first-order chi connectivity index (χ1) is 11.8. The van der Waals surface area contributed by atoms with Gasteiger partial charge < -0.3 is 10.2 Å². The molecule has 24 heavy (non-hydrogen) atoms. The highest BCUT2D eigenvalue weighted by molar-refractivity contribution is 8.09. The van der Waals surface area contributed by atoms with Gasteiger partial charge in [-0.3, -0.25) is 10.0 Å². The molecule has 0 aromatic carbocycles. The molecule has 0 radical (unpaired) electrons. The minimum absolute atomic E-state index is 0.257. The molecular formula is C16H24N4O2S2. The molecule has 1 saturated heterocycles. The van der Waals surface area contributed by atoms with Gasteiger partial charge in [0.2, 0.25) is 0 Å². The van der Waals surface area contributed by atoms with Crippen LogP contribution in [0, 0.1) is 0 Å². The maximum absolute atomic E-state index is 11.5. The lowest BCUT2D eigenvalue weighted by Gasteiger charge is -2.26. The van der Waals surface area contributed by atoms with Crippen LogP contribution >= 0.6 is 23.1 Å². The summed E-state index contributed by atoms with van der Waals surface area (Å²) in [7, 11) is 0. The minimum Gasteiger partial charge on any atom is -0.361 e. The van der Waals surface area contributed by atoms with Crippen LogP contribution in [0.25, 0.3) is 4.91 Å². The fourth-order valence-corrected chi connectivity index (χ4v) is 4.90. The van der Waals surface area contributed by atoms with Crippen molar-refractivity contribution in [2.45, 2.75) is 37.4 Å². The average molecular weight is 369 g/mol. The molecule has 0 saturated carbocycles. The van der Waals surface area contributed by atoms with Crippen molar-refractivity contribution in [1.29, 1.82) is 0 Å². The Morgan fingerprint density at radius 3 is 3.00 bits per heavy atom. The first-order valence-corrected chi connectivity index (χ1v) is 10.2. The van der Waals surface area contributed by atoms with Gasteiger partial charge in [0.15, 0.2) is 5.13 Å². The van der Waals surface area contributed by atoms with Crippen molar-refractivity contribution in [3.8, 4) is 0 Å². The molecule has 1 amide bonds. The molecule has 132 valence electrons. The van der Waals surface area contributed by atoms with E-state index in [2.05, 4.69) is 15.2 Å². The van der Waals surface area contributed by atoms with Gasteiger partial charge in [0, 0.05) is 16.8 Å². The van der Waals surface area contributed by atoms with Crippen LogP contribution in [0.5, 0.6) is 0 Å². The monoisotopic (exact) mass is 368 g/mol. The quantitative estimate of drug-likeness (QED) is 0.390. The second kappa shape index (κ2) is 8.84. The minimum atomic E-state index is -0.349. The molecule has 2 aliphatic heterocycles. The van der Waals surface area contributed by atoms with Crippen LogP contribution < -0.4 is 10.8 Å². The predicted molar refractivity (Wildman–Crippen MR) is 99.4 cm³/mol. The third kappa shape index (κ3) is 4.72. The third-order valence-corrected chi connectivity index (χ3v) is 6.44. The molecule has 3 N–H and O–H groups in total. The number of thiazole rings is 1. The van der Waals surface area contributed by atoms with Gasteiger partial charge in [0.05, 0.1) is 10.9 Å². The number of rotatable bonds is 7. The second-order valence-corrected chi connectivity index (χ2v) is 8.21. The van der Waals surface area contributed by atoms with Crippen LogP contribution in [-0.2, 0) is 4.79 Å². The Hall–Kier alpha value is -1.09. The number of anilines is 1. The molecule has 2 aliphatic rings. The summed E-state index contributed by atoms with van der Waals surface area (Å²) < 4.78 is 0. The van der Waals surface area contributed by atoms with E-state index in [1.54, 1.807) is 16.8 Å². The Labute approximate surface area is 150 Å². The molecule has 6 nitrogen and oxygen atoms in total. The lowest BCUT2D eigenvalue weighted by atomic mass is 10.1. The molecule has 1 unspecified atom stereocenters. The summed E-state index contributed by atoms with van der Waals surface area (Å²) in [5, 5.41) is 14.8. The number of amides is 1. The van der Waals surface area contributed by atoms with Gasteiger partial charge in [-0.2, -0.15) is 0 Å². The fraction of sp³-hybridized carbons (Fsp3) is 0.625. The lowest BCUT2D eigenvalue weighted by molar-refractivity contribution is -0.128. The number of aromatic nitrogens is 1. The molecule has 1 aromatic heterocycles. The van der Waals surface area contributed by atoms with Crippen molar-refractivity contribution in [3.05, 3.63) is 17.2 Å². The van der Waals surface area contributed by atoms with Gasteiger partial charge in [0.25, 0.3) is 5.91 Å². The van der Waals surface area contributed by atoms with Gasteiger partial charge >= 0.3 is 0 Å². The van der Waals surface area contributed by atoms with Crippen LogP contribution in [0.2, 0.25) is 0 Å². The molecule has 1 aromatic rings. The molecule has 1 atom stereocenters. The van der Waals surface area contributed by atoms with E-state index in [0.29, 0.717) is 6.42 Å². The van der Waals surface area contributed by atoms with Crippen LogP contribution in [0.4, 0.5) is 5.13 Å². The number of nitrogens with one attached hydrogen (secondary N) is 2. The molecule has 3 heterocycles. The molecule has 0 bridgehead atoms. The lowest BCUT2D eigenvalue weighted by Crippen LogP contribution is -2.31. The number of carbonyl (C=O) groups is 1. The Kier molecular flexibility index (Phi) is 6.53. The van der Waals surface area contributed by atoms with E-state index in [9.17, 15) is 4.79 Å². The predicted octanol–water partition coefficient (Wildman–Crippen LogP) is 2.78. The summed E-state index contributed by atoms with van der Waals surface area (Å²) in [6, 6.07) is 0. The third-order valence-electron chi connectivity index (χ3n) is 4.32. The molecular weight excluding hydrogens is 344 g/mol. The standard InChI is InChI=1S/C16H24N4O2S2/c21-15(19-22)14-6-5-13(24-14)12-11-23-16(18-12)17-7-4-10-20-8-2-1-3-9-20/h5,11,14,22H,1-4,6-10H2,(H,17,18)(H,19,21). The first-order valence-electron chi connectivity index (χ1n) is 8.49. The molecule has 3 rings (SSSR count). The maximum atomic E-state index is 11.5. The number of hydrogen-bond acceptors (Lipinski definition) is 7. The number of hydrogen-bond donors (Lipinski definition) is 3. The summed E-state index contributed by atoms with van der Waals surface area (Å²) in [6.07, 6.45) is 7.83. The highest BCUT2D eigenvalue weighted by atomic mass is 32.2. The first kappa shape index (κ1) is 17.7. The van der Waals surface area contributed by atoms with E-state index in [-0.39, 0.29) is 11.2 Å². The van der Waals surface area contributed by atoms with Gasteiger partial charge in [-0.1, -0.05) is 12.5 Å². The highest BCUT2D eigenvalue weighted by Gasteiger charge is 2.26. The number of piperidine rings is 1. The van der Waals surface area contributed by atoms with Crippen molar-refractivity contribution in [2.24, 2.45) is 0 Å². The largest absolute Gasteiger partial charge is 0.361 e. The van der Waals surface area contributed by atoms with Crippen LogP contribution in [0.3, 0.4) is 0 Å². The van der Waals surface area contributed by atoms with Gasteiger partial charge in [-0.15, -0.1) is 23.1 Å². The van der Waals surface area contributed by atoms with E-state index in [1.165, 1.54) is 44.1 Å². The van der Waals surface area contributed by atoms with E-state index in [4.69, 9.17) is 5.21 Å². The number of likely N-dealkylation sites (tertiary alicyclic amines) is 1. The van der Waals surface area contributed by atoms with Gasteiger partial charge in [-0.05, 0) is 45.3 Å². The summed E-state index contributed by atoms with van der Waals surface area (Å²) in [5.41, 5.74) is 2.63. The van der Waals surface area contributed by atoms with E-state index in [0.717, 1.165) is 35.2 Å². The second-order valence-electron chi connectivity index (χ2n) is 6.11. The zero-order valence-corrected chi connectivity index (χ0v) is 15.3. The maximum Gasteiger partial charge on any atom is 0.257 e. The Balaban J connectivity index is 1.40. The van der Waals surface area contributed by atoms with E-state index >= 15 is 0 Å². The molecule has 0 aliphatic carbocycles. The number of carbonyl (C=O) groups excluding carboxylic acids is 1. The van der Waals surface area contributed by atoms with Gasteiger partial charge in [-0.25, -0.2) is 10.5 Å². The summed E-state index contributed by atoms with van der Waals surface area (Å²) in [4.78, 5) is 19.6. The Morgan fingerprint density at radius 2 is 2.21 bits per heavy atom. The number of hydroxylamine groups is 1. The van der Waals surface area contributed by atoms with Crippen molar-refractivity contribution >= 4 is 39.0 Å². The van der Waals surface area contributed by atoms with E-state index in [1.807, 2.05) is 11.5 Å². The zero-order chi connectivity index (χ0) is 16.8.